The number of anilines is 1. The van der Waals surface area contributed by atoms with Gasteiger partial charge in [-0.15, -0.1) is 0 Å². The molecular weight excluding hydrogens is 424 g/mol. The van der Waals surface area contributed by atoms with Crippen LogP contribution < -0.4 is 5.32 Å². The summed E-state index contributed by atoms with van der Waals surface area (Å²) in [5, 5.41) is 7.21. The Morgan fingerprint density at radius 1 is 1.03 bits per heavy atom. The van der Waals surface area contributed by atoms with E-state index >= 15 is 0 Å². The number of nitrogens with zero attached hydrogens (tertiary/aromatic N) is 5. The van der Waals surface area contributed by atoms with Gasteiger partial charge in [0, 0.05) is 36.1 Å². The fourth-order valence-electron chi connectivity index (χ4n) is 3.25. The van der Waals surface area contributed by atoms with Gasteiger partial charge < -0.3 is 9.09 Å². The van der Waals surface area contributed by atoms with E-state index in [2.05, 4.69) is 20.4 Å². The first-order valence-electron chi connectivity index (χ1n) is 9.84. The summed E-state index contributed by atoms with van der Waals surface area (Å²) in [6.07, 6.45) is 3.63. The number of carbonyl (C=O) groups is 1. The molecule has 5 rings (SSSR count). The van der Waals surface area contributed by atoms with Gasteiger partial charge in [0.25, 0.3) is 11.8 Å². The van der Waals surface area contributed by atoms with Crippen molar-refractivity contribution >= 4 is 22.4 Å². The van der Waals surface area contributed by atoms with Crippen LogP contribution in [0.3, 0.4) is 0 Å². The largest absolute Gasteiger partial charge is 0.334 e. The molecule has 32 heavy (non-hydrogen) atoms. The van der Waals surface area contributed by atoms with Crippen molar-refractivity contribution in [2.24, 2.45) is 7.05 Å². The molecule has 1 amide bonds. The molecule has 0 atom stereocenters. The molecule has 0 aliphatic rings. The third-order valence-corrected chi connectivity index (χ3v) is 5.81. The van der Waals surface area contributed by atoms with Gasteiger partial charge in [-0.25, -0.2) is 9.97 Å². The Morgan fingerprint density at radius 2 is 1.81 bits per heavy atom. The number of hydrogen-bond donors (Lipinski definition) is 1. The van der Waals surface area contributed by atoms with E-state index in [1.165, 1.54) is 11.3 Å². The van der Waals surface area contributed by atoms with Crippen LogP contribution in [-0.4, -0.2) is 30.6 Å². The second-order valence-corrected chi connectivity index (χ2v) is 8.10. The molecule has 0 aliphatic heterocycles. The summed E-state index contributed by atoms with van der Waals surface area (Å²) in [5.41, 5.74) is 2.99. The van der Waals surface area contributed by atoms with Crippen LogP contribution in [0.4, 0.5) is 5.13 Å². The van der Waals surface area contributed by atoms with Crippen LogP contribution >= 0.6 is 11.3 Å². The van der Waals surface area contributed by atoms with Crippen LogP contribution in [0, 0.1) is 6.92 Å². The molecule has 3 heterocycles. The maximum atomic E-state index is 12.9. The minimum absolute atomic E-state index is 0.252. The van der Waals surface area contributed by atoms with E-state index < -0.39 is 0 Å². The van der Waals surface area contributed by atoms with Crippen LogP contribution in [0.5, 0.6) is 0 Å². The molecule has 2 aromatic carbocycles. The van der Waals surface area contributed by atoms with Gasteiger partial charge in [-0.3, -0.25) is 10.1 Å². The number of benzene rings is 2. The third-order valence-electron chi connectivity index (χ3n) is 4.84. The quantitative estimate of drug-likeness (QED) is 0.419. The summed E-state index contributed by atoms with van der Waals surface area (Å²) in [6, 6.07) is 16.8. The summed E-state index contributed by atoms with van der Waals surface area (Å²) < 4.78 is 7.11. The number of amides is 1. The Hall–Kier alpha value is -4.11. The molecule has 3 aromatic heterocycles. The van der Waals surface area contributed by atoms with E-state index in [-0.39, 0.29) is 5.91 Å². The molecule has 0 spiro atoms. The first kappa shape index (κ1) is 19.8. The number of nitrogens with one attached hydrogen (secondary N) is 1. The van der Waals surface area contributed by atoms with Gasteiger partial charge in [0.05, 0.1) is 10.6 Å². The fraction of sp³-hybridized carbons (Fsp3) is 0.0870. The van der Waals surface area contributed by atoms with Crippen LogP contribution in [0.15, 0.2) is 71.5 Å². The lowest BCUT2D eigenvalue weighted by molar-refractivity contribution is 0.102. The highest BCUT2D eigenvalue weighted by Crippen LogP contribution is 2.38. The van der Waals surface area contributed by atoms with E-state index in [9.17, 15) is 4.79 Å². The summed E-state index contributed by atoms with van der Waals surface area (Å²) in [4.78, 5) is 27.1. The topological polar surface area (TPSA) is 98.7 Å². The average Bonchev–Trinajstić information content (AvgIpc) is 3.54. The summed E-state index contributed by atoms with van der Waals surface area (Å²) in [7, 11) is 1.93. The summed E-state index contributed by atoms with van der Waals surface area (Å²) >= 11 is 1.39. The molecule has 0 aliphatic carbocycles. The molecule has 9 heteroatoms. The van der Waals surface area contributed by atoms with Crippen molar-refractivity contribution in [2.75, 3.05) is 5.32 Å². The van der Waals surface area contributed by atoms with E-state index in [0.29, 0.717) is 22.4 Å². The lowest BCUT2D eigenvalue weighted by Crippen LogP contribution is -2.11. The Morgan fingerprint density at radius 3 is 2.47 bits per heavy atom. The molecule has 1 N–H and O–H groups in total. The van der Waals surface area contributed by atoms with E-state index in [4.69, 9.17) is 9.51 Å². The number of aryl methyl sites for hydroxylation is 2. The molecule has 158 valence electrons. The van der Waals surface area contributed by atoms with E-state index in [1.807, 2.05) is 48.1 Å². The van der Waals surface area contributed by atoms with Gasteiger partial charge in [0.15, 0.2) is 16.8 Å². The normalized spacial score (nSPS) is 10.9. The van der Waals surface area contributed by atoms with Crippen LogP contribution in [0.1, 0.15) is 16.2 Å². The molecule has 0 bridgehead atoms. The van der Waals surface area contributed by atoms with Crippen LogP contribution in [0.25, 0.3) is 33.4 Å². The number of thiazole rings is 1. The van der Waals surface area contributed by atoms with Crippen molar-refractivity contribution in [1.82, 2.24) is 24.7 Å². The Labute approximate surface area is 187 Å². The van der Waals surface area contributed by atoms with E-state index in [1.54, 1.807) is 37.4 Å². The number of imidazole rings is 1. The lowest BCUT2D eigenvalue weighted by Gasteiger charge is -2.02. The molecule has 0 saturated carbocycles. The minimum Gasteiger partial charge on any atom is -0.334 e. The van der Waals surface area contributed by atoms with Crippen LogP contribution in [-0.2, 0) is 7.05 Å². The zero-order chi connectivity index (χ0) is 22.1. The SMILES string of the molecule is Cc1noc(-c2ccc(C(=O)Nc3nc(-c4ccccc4)c(-c4nccn4C)s3)cc2)n1. The van der Waals surface area contributed by atoms with Gasteiger partial charge in [0.2, 0.25) is 0 Å². The van der Waals surface area contributed by atoms with Gasteiger partial charge in [-0.1, -0.05) is 46.8 Å². The first-order chi connectivity index (χ1) is 15.6. The minimum atomic E-state index is -0.252. The van der Waals surface area contributed by atoms with E-state index in [0.717, 1.165) is 27.5 Å². The van der Waals surface area contributed by atoms with Crippen molar-refractivity contribution in [3.8, 4) is 33.4 Å². The zero-order valence-corrected chi connectivity index (χ0v) is 18.1. The number of rotatable bonds is 5. The average molecular weight is 443 g/mol. The van der Waals surface area contributed by atoms with Crippen molar-refractivity contribution in [3.05, 3.63) is 78.4 Å². The highest BCUT2D eigenvalue weighted by molar-refractivity contribution is 7.19. The van der Waals surface area contributed by atoms with Crippen molar-refractivity contribution in [2.45, 2.75) is 6.92 Å². The van der Waals surface area contributed by atoms with Crippen molar-refractivity contribution in [1.29, 1.82) is 0 Å². The molecule has 0 radical (unpaired) electrons. The Bertz CT molecular complexity index is 1390. The standard InChI is InChI=1S/C23H18N6O2S/c1-14-25-22(31-28-14)17-10-8-16(9-11-17)21(30)27-23-26-18(15-6-4-3-5-7-15)19(32-23)20-24-12-13-29(20)2/h3-13H,1-2H3,(H,26,27,30). The number of aromatic nitrogens is 5. The summed E-state index contributed by atoms with van der Waals surface area (Å²) in [5.74, 6) is 1.52. The summed E-state index contributed by atoms with van der Waals surface area (Å²) in [6.45, 7) is 1.76. The lowest BCUT2D eigenvalue weighted by atomic mass is 10.1. The molecule has 5 aromatic rings. The monoisotopic (exact) mass is 442 g/mol. The Balaban J connectivity index is 1.43. The second-order valence-electron chi connectivity index (χ2n) is 7.10. The maximum absolute atomic E-state index is 12.9. The zero-order valence-electron chi connectivity index (χ0n) is 17.3. The number of carbonyl (C=O) groups excluding carboxylic acids is 1. The highest BCUT2D eigenvalue weighted by atomic mass is 32.1. The van der Waals surface area contributed by atoms with Crippen molar-refractivity contribution < 1.29 is 9.32 Å². The second kappa shape index (κ2) is 8.20. The smallest absolute Gasteiger partial charge is 0.257 e. The first-order valence-corrected chi connectivity index (χ1v) is 10.7. The van der Waals surface area contributed by atoms with Gasteiger partial charge in [-0.05, 0) is 31.2 Å². The Kier molecular flexibility index (Phi) is 5.08. The van der Waals surface area contributed by atoms with Crippen molar-refractivity contribution in [3.63, 3.8) is 0 Å². The van der Waals surface area contributed by atoms with Gasteiger partial charge in [-0.2, -0.15) is 4.98 Å². The van der Waals surface area contributed by atoms with Crippen LogP contribution in [0.2, 0.25) is 0 Å². The number of hydrogen-bond acceptors (Lipinski definition) is 7. The predicted molar refractivity (Wildman–Crippen MR) is 122 cm³/mol. The molecule has 0 saturated heterocycles. The molecular formula is C23H18N6O2S. The highest BCUT2D eigenvalue weighted by Gasteiger charge is 2.19. The maximum Gasteiger partial charge on any atom is 0.257 e. The molecule has 8 nitrogen and oxygen atoms in total. The predicted octanol–water partition coefficient (Wildman–Crippen LogP) is 4.82. The molecule has 0 unspecified atom stereocenters. The third kappa shape index (κ3) is 3.81. The van der Waals surface area contributed by atoms with Gasteiger partial charge in [0.1, 0.15) is 0 Å². The van der Waals surface area contributed by atoms with Gasteiger partial charge >= 0.3 is 0 Å². The molecule has 0 fully saturated rings. The fourth-order valence-corrected chi connectivity index (χ4v) is 4.27.